The number of para-hydroxylation sites is 1. The van der Waals surface area contributed by atoms with Gasteiger partial charge in [-0.1, -0.05) is 63.2 Å². The number of hydrogen-bond acceptors (Lipinski definition) is 3. The molecule has 130 valence electrons. The average Bonchev–Trinajstić information content (AvgIpc) is 2.55. The standard InChI is InChI=1S/C21H29NO2/c1-21(2,3)16-22-15-18-11-8-12-19(23-4)20(18)24-14-13-17-9-6-5-7-10-17/h5-12,22H,13-16H2,1-4H3. The lowest BCUT2D eigenvalue weighted by atomic mass is 9.97. The van der Waals surface area contributed by atoms with E-state index < -0.39 is 0 Å². The minimum Gasteiger partial charge on any atom is -0.493 e. The van der Waals surface area contributed by atoms with E-state index in [9.17, 15) is 0 Å². The molecule has 3 nitrogen and oxygen atoms in total. The molecule has 0 saturated heterocycles. The fraction of sp³-hybridized carbons (Fsp3) is 0.429. The molecule has 0 fully saturated rings. The SMILES string of the molecule is COc1cccc(CNCC(C)(C)C)c1OCCc1ccccc1. The van der Waals surface area contributed by atoms with Crippen LogP contribution in [0.5, 0.6) is 11.5 Å². The average molecular weight is 327 g/mol. The molecule has 0 atom stereocenters. The largest absolute Gasteiger partial charge is 0.493 e. The van der Waals surface area contributed by atoms with Gasteiger partial charge in [0.25, 0.3) is 0 Å². The zero-order valence-electron chi connectivity index (χ0n) is 15.3. The number of methoxy groups -OCH3 is 1. The minimum atomic E-state index is 0.257. The van der Waals surface area contributed by atoms with Crippen molar-refractivity contribution in [2.45, 2.75) is 33.7 Å². The predicted molar refractivity (Wildman–Crippen MR) is 99.8 cm³/mol. The Morgan fingerprint density at radius 2 is 1.71 bits per heavy atom. The first-order chi connectivity index (χ1) is 11.5. The summed E-state index contributed by atoms with van der Waals surface area (Å²) >= 11 is 0. The van der Waals surface area contributed by atoms with E-state index >= 15 is 0 Å². The molecule has 0 aliphatic carbocycles. The predicted octanol–water partition coefficient (Wildman–Crippen LogP) is 4.45. The van der Waals surface area contributed by atoms with Crippen molar-refractivity contribution in [1.82, 2.24) is 5.32 Å². The minimum absolute atomic E-state index is 0.257. The van der Waals surface area contributed by atoms with Crippen molar-refractivity contribution in [3.63, 3.8) is 0 Å². The normalized spacial score (nSPS) is 11.3. The second-order valence-electron chi connectivity index (χ2n) is 7.20. The van der Waals surface area contributed by atoms with Crippen molar-refractivity contribution in [2.75, 3.05) is 20.3 Å². The molecule has 1 N–H and O–H groups in total. The van der Waals surface area contributed by atoms with Gasteiger partial charge in [0.2, 0.25) is 0 Å². The maximum absolute atomic E-state index is 6.08. The van der Waals surface area contributed by atoms with Crippen LogP contribution in [0.4, 0.5) is 0 Å². The number of ether oxygens (including phenoxy) is 2. The summed E-state index contributed by atoms with van der Waals surface area (Å²) in [4.78, 5) is 0. The smallest absolute Gasteiger partial charge is 0.165 e. The van der Waals surface area contributed by atoms with Gasteiger partial charge in [-0.05, 0) is 17.0 Å². The Kier molecular flexibility index (Phi) is 6.68. The van der Waals surface area contributed by atoms with Crippen LogP contribution in [0, 0.1) is 5.41 Å². The zero-order chi connectivity index (χ0) is 17.4. The Bertz CT molecular complexity index is 617. The van der Waals surface area contributed by atoms with E-state index in [4.69, 9.17) is 9.47 Å². The molecule has 2 aromatic carbocycles. The van der Waals surface area contributed by atoms with Gasteiger partial charge in [-0.3, -0.25) is 0 Å². The van der Waals surface area contributed by atoms with Crippen molar-refractivity contribution in [2.24, 2.45) is 5.41 Å². The van der Waals surface area contributed by atoms with Crippen molar-refractivity contribution in [1.29, 1.82) is 0 Å². The number of nitrogens with one attached hydrogen (secondary N) is 1. The summed E-state index contributed by atoms with van der Waals surface area (Å²) in [6.07, 6.45) is 0.883. The highest BCUT2D eigenvalue weighted by atomic mass is 16.5. The van der Waals surface area contributed by atoms with Gasteiger partial charge in [0, 0.05) is 25.1 Å². The lowest BCUT2D eigenvalue weighted by Gasteiger charge is -2.20. The zero-order valence-corrected chi connectivity index (χ0v) is 15.3. The summed E-state index contributed by atoms with van der Waals surface area (Å²) in [7, 11) is 1.69. The Morgan fingerprint density at radius 1 is 0.958 bits per heavy atom. The first-order valence-corrected chi connectivity index (χ1v) is 8.53. The van der Waals surface area contributed by atoms with Crippen LogP contribution < -0.4 is 14.8 Å². The van der Waals surface area contributed by atoms with Gasteiger partial charge in [0.1, 0.15) is 0 Å². The van der Waals surface area contributed by atoms with E-state index in [2.05, 4.69) is 56.4 Å². The lowest BCUT2D eigenvalue weighted by Crippen LogP contribution is -2.26. The van der Waals surface area contributed by atoms with Crippen LogP contribution in [0.2, 0.25) is 0 Å². The van der Waals surface area contributed by atoms with Gasteiger partial charge in [-0.2, -0.15) is 0 Å². The van der Waals surface area contributed by atoms with Crippen LogP contribution >= 0.6 is 0 Å². The maximum Gasteiger partial charge on any atom is 0.165 e. The highest BCUT2D eigenvalue weighted by Crippen LogP contribution is 2.31. The third-order valence-corrected chi connectivity index (χ3v) is 3.73. The second kappa shape index (κ2) is 8.74. The van der Waals surface area contributed by atoms with Crippen LogP contribution in [0.3, 0.4) is 0 Å². The second-order valence-corrected chi connectivity index (χ2v) is 7.20. The van der Waals surface area contributed by atoms with Crippen LogP contribution in [0.25, 0.3) is 0 Å². The number of benzene rings is 2. The van der Waals surface area contributed by atoms with E-state index in [0.717, 1.165) is 36.6 Å². The van der Waals surface area contributed by atoms with Crippen molar-refractivity contribution in [3.8, 4) is 11.5 Å². The van der Waals surface area contributed by atoms with Crippen molar-refractivity contribution in [3.05, 3.63) is 59.7 Å². The lowest BCUT2D eigenvalue weighted by molar-refractivity contribution is 0.292. The summed E-state index contributed by atoms with van der Waals surface area (Å²) in [5.41, 5.74) is 2.67. The van der Waals surface area contributed by atoms with E-state index in [0.29, 0.717) is 6.61 Å². The van der Waals surface area contributed by atoms with Crippen molar-refractivity contribution < 1.29 is 9.47 Å². The highest BCUT2D eigenvalue weighted by Gasteiger charge is 2.13. The molecule has 0 unspecified atom stereocenters. The monoisotopic (exact) mass is 327 g/mol. The van der Waals surface area contributed by atoms with Crippen molar-refractivity contribution >= 4 is 0 Å². The molecular formula is C21H29NO2. The molecule has 0 amide bonds. The molecule has 0 aliphatic heterocycles. The molecule has 3 heteroatoms. The molecule has 2 aromatic rings. The first-order valence-electron chi connectivity index (χ1n) is 8.53. The molecule has 2 rings (SSSR count). The summed E-state index contributed by atoms with van der Waals surface area (Å²) in [5, 5.41) is 3.51. The number of hydrogen-bond donors (Lipinski definition) is 1. The fourth-order valence-electron chi connectivity index (χ4n) is 2.51. The van der Waals surface area contributed by atoms with Crippen LogP contribution in [0.1, 0.15) is 31.9 Å². The van der Waals surface area contributed by atoms with Gasteiger partial charge in [-0.25, -0.2) is 0 Å². The molecule has 24 heavy (non-hydrogen) atoms. The molecular weight excluding hydrogens is 298 g/mol. The summed E-state index contributed by atoms with van der Waals surface area (Å²) < 4.78 is 11.6. The first kappa shape index (κ1) is 18.3. The molecule has 0 bridgehead atoms. The molecule has 0 aromatic heterocycles. The van der Waals surface area contributed by atoms with E-state index in [1.165, 1.54) is 5.56 Å². The summed E-state index contributed by atoms with van der Waals surface area (Å²) in [6, 6.07) is 16.4. The Labute approximate surface area is 146 Å². The van der Waals surface area contributed by atoms with Gasteiger partial charge in [-0.15, -0.1) is 0 Å². The topological polar surface area (TPSA) is 30.5 Å². The molecule has 0 aliphatic rings. The Hall–Kier alpha value is -2.00. The van der Waals surface area contributed by atoms with Crippen LogP contribution in [-0.2, 0) is 13.0 Å². The summed E-state index contributed by atoms with van der Waals surface area (Å²) in [6.45, 7) is 9.04. The fourth-order valence-corrected chi connectivity index (χ4v) is 2.51. The summed E-state index contributed by atoms with van der Waals surface area (Å²) in [5.74, 6) is 1.63. The van der Waals surface area contributed by atoms with E-state index in [1.807, 2.05) is 18.2 Å². The molecule has 0 heterocycles. The Balaban J connectivity index is 2.00. The third-order valence-electron chi connectivity index (χ3n) is 3.73. The van der Waals surface area contributed by atoms with Gasteiger partial charge in [0.15, 0.2) is 11.5 Å². The Morgan fingerprint density at radius 3 is 2.38 bits per heavy atom. The van der Waals surface area contributed by atoms with Crippen LogP contribution in [-0.4, -0.2) is 20.3 Å². The molecule has 0 spiro atoms. The third kappa shape index (κ3) is 5.89. The molecule has 0 radical (unpaired) electrons. The van der Waals surface area contributed by atoms with Gasteiger partial charge in [0.05, 0.1) is 13.7 Å². The van der Waals surface area contributed by atoms with Gasteiger partial charge < -0.3 is 14.8 Å². The van der Waals surface area contributed by atoms with Crippen LogP contribution in [0.15, 0.2) is 48.5 Å². The van der Waals surface area contributed by atoms with E-state index in [-0.39, 0.29) is 5.41 Å². The van der Waals surface area contributed by atoms with Gasteiger partial charge >= 0.3 is 0 Å². The maximum atomic E-state index is 6.08. The quantitative estimate of drug-likeness (QED) is 0.777. The highest BCUT2D eigenvalue weighted by molar-refractivity contribution is 5.46. The molecule has 0 saturated carbocycles. The van der Waals surface area contributed by atoms with E-state index in [1.54, 1.807) is 7.11 Å². The number of rotatable bonds is 8.